The molecule has 1 radical (unpaired) electrons. The van der Waals surface area contributed by atoms with E-state index in [1.54, 1.807) is 18.2 Å². The summed E-state index contributed by atoms with van der Waals surface area (Å²) in [4.78, 5) is 0. The van der Waals surface area contributed by atoms with Crippen molar-refractivity contribution in [3.05, 3.63) is 61.0 Å². The molecule has 2 aromatic rings. The second-order valence-corrected chi connectivity index (χ2v) is 4.94. The zero-order valence-electron chi connectivity index (χ0n) is 12.0. The minimum atomic E-state index is -5.77. The van der Waals surface area contributed by atoms with Crippen LogP contribution in [0.1, 0.15) is 12.0 Å². The van der Waals surface area contributed by atoms with Gasteiger partial charge in [-0.15, -0.1) is 0 Å². The smallest absolute Gasteiger partial charge is 0.426 e. The van der Waals surface area contributed by atoms with Crippen molar-refractivity contribution in [3.63, 3.8) is 0 Å². The maximum atomic E-state index is 12.9. The van der Waals surface area contributed by atoms with Crippen LogP contribution in [0.15, 0.2) is 48.5 Å². The van der Waals surface area contributed by atoms with Crippen LogP contribution in [0.3, 0.4) is 0 Å². The van der Waals surface area contributed by atoms with Gasteiger partial charge < -0.3 is 4.74 Å². The van der Waals surface area contributed by atoms with Gasteiger partial charge in [0.2, 0.25) is 0 Å². The van der Waals surface area contributed by atoms with Crippen molar-refractivity contribution in [1.82, 2.24) is 0 Å². The molecule has 0 aliphatic rings. The zero-order valence-corrected chi connectivity index (χ0v) is 12.0. The molecule has 0 aromatic heterocycles. The fourth-order valence-electron chi connectivity index (χ4n) is 2.01. The highest BCUT2D eigenvalue weighted by molar-refractivity contribution is 5.65. The Morgan fingerprint density at radius 2 is 1.52 bits per heavy atom. The van der Waals surface area contributed by atoms with E-state index in [0.29, 0.717) is 11.1 Å². The topological polar surface area (TPSA) is 9.23 Å². The molecule has 0 bridgehead atoms. The van der Waals surface area contributed by atoms with Gasteiger partial charge in [0.1, 0.15) is 5.75 Å². The lowest BCUT2D eigenvalue weighted by molar-refractivity contribution is -0.360. The molecule has 0 fully saturated rings. The summed E-state index contributed by atoms with van der Waals surface area (Å²) in [5, 5.41) is 0. The second kappa shape index (κ2) is 6.56. The van der Waals surface area contributed by atoms with Gasteiger partial charge in [-0.25, -0.2) is 0 Å². The van der Waals surface area contributed by atoms with Crippen LogP contribution in [0, 0.1) is 6.92 Å². The number of hydrogen-bond acceptors (Lipinski definition) is 1. The SMILES string of the molecule is [CH2]CCc1ccc(-c2cccc(OC(F)(F)C(F)(F)F)c2)cc1. The Morgan fingerprint density at radius 3 is 2.09 bits per heavy atom. The largest absolute Gasteiger partial charge is 0.499 e. The van der Waals surface area contributed by atoms with E-state index in [4.69, 9.17) is 0 Å². The Hall–Kier alpha value is -2.11. The molecule has 0 aliphatic heterocycles. The molecule has 0 saturated heterocycles. The summed E-state index contributed by atoms with van der Waals surface area (Å²) in [5.41, 5.74) is 2.25. The fourth-order valence-corrected chi connectivity index (χ4v) is 2.01. The number of aryl methyl sites for hydroxylation is 1. The molecule has 123 valence electrons. The number of halogens is 5. The summed E-state index contributed by atoms with van der Waals surface area (Å²) >= 11 is 0. The molecule has 0 unspecified atom stereocenters. The summed E-state index contributed by atoms with van der Waals surface area (Å²) in [6.07, 6.45) is -9.45. The average Bonchev–Trinajstić information content (AvgIpc) is 2.47. The lowest BCUT2D eigenvalue weighted by atomic mass is 10.0. The number of hydrogen-bond donors (Lipinski definition) is 0. The molecule has 0 atom stereocenters. The quantitative estimate of drug-likeness (QED) is 0.644. The second-order valence-electron chi connectivity index (χ2n) is 4.94. The van der Waals surface area contributed by atoms with E-state index in [1.165, 1.54) is 6.07 Å². The van der Waals surface area contributed by atoms with Crippen LogP contribution in [-0.4, -0.2) is 12.3 Å². The Balaban J connectivity index is 2.23. The molecule has 0 saturated carbocycles. The van der Waals surface area contributed by atoms with Crippen LogP contribution in [0.25, 0.3) is 11.1 Å². The summed E-state index contributed by atoms with van der Waals surface area (Å²) < 4.78 is 66.2. The van der Waals surface area contributed by atoms with E-state index in [2.05, 4.69) is 11.7 Å². The van der Waals surface area contributed by atoms with Gasteiger partial charge in [0.05, 0.1) is 0 Å². The van der Waals surface area contributed by atoms with Gasteiger partial charge in [-0.3, -0.25) is 0 Å². The first-order chi connectivity index (χ1) is 10.7. The first-order valence-electron chi connectivity index (χ1n) is 6.85. The van der Waals surface area contributed by atoms with Crippen molar-refractivity contribution < 1.29 is 26.7 Å². The van der Waals surface area contributed by atoms with Crippen LogP contribution in [-0.2, 0) is 6.42 Å². The van der Waals surface area contributed by atoms with Crippen molar-refractivity contribution in [3.8, 4) is 16.9 Å². The Morgan fingerprint density at radius 1 is 0.870 bits per heavy atom. The first-order valence-corrected chi connectivity index (χ1v) is 6.85. The van der Waals surface area contributed by atoms with Crippen molar-refractivity contribution in [2.24, 2.45) is 0 Å². The molecule has 0 heterocycles. The molecule has 2 aromatic carbocycles. The fraction of sp³-hybridized carbons (Fsp3) is 0.235. The molecular weight excluding hydrogens is 315 g/mol. The van der Waals surface area contributed by atoms with Gasteiger partial charge in [0, 0.05) is 0 Å². The van der Waals surface area contributed by atoms with Crippen molar-refractivity contribution >= 4 is 0 Å². The van der Waals surface area contributed by atoms with Gasteiger partial charge in [-0.05, 0) is 41.7 Å². The van der Waals surface area contributed by atoms with Gasteiger partial charge >= 0.3 is 12.3 Å². The zero-order chi connectivity index (χ0) is 17.1. The highest BCUT2D eigenvalue weighted by Gasteiger charge is 2.61. The summed E-state index contributed by atoms with van der Waals surface area (Å²) in [7, 11) is 0. The van der Waals surface area contributed by atoms with Crippen LogP contribution in [0.4, 0.5) is 22.0 Å². The molecule has 6 heteroatoms. The molecule has 0 amide bonds. The maximum Gasteiger partial charge on any atom is 0.499 e. The highest BCUT2D eigenvalue weighted by Crippen LogP contribution is 2.38. The minimum absolute atomic E-state index is 0.488. The van der Waals surface area contributed by atoms with Crippen molar-refractivity contribution in [1.29, 1.82) is 0 Å². The van der Waals surface area contributed by atoms with Gasteiger partial charge in [-0.1, -0.05) is 43.3 Å². The number of ether oxygens (including phenoxy) is 1. The Kier molecular flexibility index (Phi) is 4.92. The Labute approximate surface area is 130 Å². The molecule has 0 N–H and O–H groups in total. The van der Waals surface area contributed by atoms with E-state index in [9.17, 15) is 22.0 Å². The maximum absolute atomic E-state index is 12.9. The lowest BCUT2D eigenvalue weighted by Crippen LogP contribution is -2.41. The third-order valence-corrected chi connectivity index (χ3v) is 3.16. The van der Waals surface area contributed by atoms with E-state index in [0.717, 1.165) is 30.5 Å². The number of rotatable bonds is 5. The summed E-state index contributed by atoms with van der Waals surface area (Å²) in [6.45, 7) is 3.75. The molecule has 23 heavy (non-hydrogen) atoms. The lowest BCUT2D eigenvalue weighted by Gasteiger charge is -2.20. The van der Waals surface area contributed by atoms with E-state index in [-0.39, 0.29) is 0 Å². The van der Waals surface area contributed by atoms with Crippen LogP contribution in [0.2, 0.25) is 0 Å². The first kappa shape index (κ1) is 17.2. The molecular formula is C17H14F5O. The predicted octanol–water partition coefficient (Wildman–Crippen LogP) is 5.65. The van der Waals surface area contributed by atoms with Crippen molar-refractivity contribution in [2.75, 3.05) is 0 Å². The molecule has 0 aliphatic carbocycles. The van der Waals surface area contributed by atoms with Gasteiger partial charge in [0.15, 0.2) is 0 Å². The summed E-state index contributed by atoms with van der Waals surface area (Å²) in [6, 6.07) is 12.4. The van der Waals surface area contributed by atoms with Gasteiger partial charge in [0.25, 0.3) is 0 Å². The highest BCUT2D eigenvalue weighted by atomic mass is 19.4. The standard InChI is InChI=1S/C17H14F5O/c1-2-4-12-7-9-13(10-8-12)14-5-3-6-15(11-14)23-17(21,22)16(18,19)20/h3,5-11H,1-2,4H2. The number of alkyl halides is 5. The van der Waals surface area contributed by atoms with E-state index >= 15 is 0 Å². The van der Waals surface area contributed by atoms with E-state index < -0.39 is 18.0 Å². The summed E-state index contributed by atoms with van der Waals surface area (Å²) in [5.74, 6) is -0.549. The average molecular weight is 329 g/mol. The predicted molar refractivity (Wildman–Crippen MR) is 77.2 cm³/mol. The minimum Gasteiger partial charge on any atom is -0.426 e. The monoisotopic (exact) mass is 329 g/mol. The van der Waals surface area contributed by atoms with Crippen molar-refractivity contribution in [2.45, 2.75) is 25.1 Å². The Bertz CT molecular complexity index is 647. The van der Waals surface area contributed by atoms with E-state index in [1.807, 2.05) is 12.1 Å². The molecule has 1 nitrogen and oxygen atoms in total. The third-order valence-electron chi connectivity index (χ3n) is 3.16. The van der Waals surface area contributed by atoms with Crippen LogP contribution in [0.5, 0.6) is 5.75 Å². The van der Waals surface area contributed by atoms with Crippen LogP contribution < -0.4 is 4.74 Å². The number of benzene rings is 2. The van der Waals surface area contributed by atoms with Gasteiger partial charge in [-0.2, -0.15) is 22.0 Å². The molecule has 0 spiro atoms. The van der Waals surface area contributed by atoms with Crippen LogP contribution >= 0.6 is 0 Å². The third kappa shape index (κ3) is 4.21. The normalized spacial score (nSPS) is 12.3. The molecule has 2 rings (SSSR count).